The summed E-state index contributed by atoms with van der Waals surface area (Å²) in [6.45, 7) is 6.11. The molecule has 0 atom stereocenters. The van der Waals surface area contributed by atoms with Crippen LogP contribution in [0.3, 0.4) is 0 Å². The first-order valence-corrected chi connectivity index (χ1v) is 6.21. The lowest BCUT2D eigenvalue weighted by molar-refractivity contribution is 0.867. The fourth-order valence-electron chi connectivity index (χ4n) is 1.74. The molecule has 1 aromatic carbocycles. The van der Waals surface area contributed by atoms with Gasteiger partial charge in [0.1, 0.15) is 17.5 Å². The molecule has 1 heterocycles. The van der Waals surface area contributed by atoms with Crippen molar-refractivity contribution >= 4 is 11.5 Å². The standard InChI is InChI=1S/C15H16N4/c1-10(2)12-4-6-14(7-5-12)19-15-13(8-16)9-17-11(3)18-15/h4-7,9-10H,1-3H3,(H,17,18,19). The molecule has 0 radical (unpaired) electrons. The van der Waals surface area contributed by atoms with Crippen molar-refractivity contribution in [3.05, 3.63) is 47.4 Å². The topological polar surface area (TPSA) is 61.6 Å². The van der Waals surface area contributed by atoms with Crippen LogP contribution in [-0.2, 0) is 0 Å². The minimum Gasteiger partial charge on any atom is -0.339 e. The van der Waals surface area contributed by atoms with E-state index in [9.17, 15) is 0 Å². The van der Waals surface area contributed by atoms with E-state index in [0.29, 0.717) is 23.1 Å². The molecule has 0 aliphatic carbocycles. The third-order valence-electron chi connectivity index (χ3n) is 2.87. The van der Waals surface area contributed by atoms with Gasteiger partial charge in [0.2, 0.25) is 0 Å². The van der Waals surface area contributed by atoms with E-state index in [4.69, 9.17) is 5.26 Å². The molecular formula is C15H16N4. The first kappa shape index (κ1) is 13.0. The zero-order valence-electron chi connectivity index (χ0n) is 11.3. The Morgan fingerprint density at radius 1 is 1.21 bits per heavy atom. The molecule has 0 unspecified atom stereocenters. The molecule has 2 aromatic rings. The lowest BCUT2D eigenvalue weighted by atomic mass is 10.0. The molecule has 2 rings (SSSR count). The maximum atomic E-state index is 9.03. The maximum absolute atomic E-state index is 9.03. The number of aryl methyl sites for hydroxylation is 1. The molecule has 0 amide bonds. The summed E-state index contributed by atoms with van der Waals surface area (Å²) in [5.74, 6) is 1.69. The summed E-state index contributed by atoms with van der Waals surface area (Å²) in [6, 6.07) is 10.2. The fraction of sp³-hybridized carbons (Fsp3) is 0.267. The molecule has 1 aromatic heterocycles. The number of nitrogens with one attached hydrogen (secondary N) is 1. The lowest BCUT2D eigenvalue weighted by Crippen LogP contribution is -2.00. The molecule has 0 saturated heterocycles. The lowest BCUT2D eigenvalue weighted by Gasteiger charge is -2.09. The average Bonchev–Trinajstić information content (AvgIpc) is 2.39. The van der Waals surface area contributed by atoms with E-state index in [0.717, 1.165) is 5.69 Å². The SMILES string of the molecule is Cc1ncc(C#N)c(Nc2ccc(C(C)C)cc2)n1. The molecule has 96 valence electrons. The first-order chi connectivity index (χ1) is 9.10. The summed E-state index contributed by atoms with van der Waals surface area (Å²) in [5.41, 5.74) is 2.64. The molecule has 19 heavy (non-hydrogen) atoms. The highest BCUT2D eigenvalue weighted by atomic mass is 15.0. The molecule has 0 spiro atoms. The minimum atomic E-state index is 0.443. The number of hydrogen-bond acceptors (Lipinski definition) is 4. The molecule has 0 aliphatic heterocycles. The third-order valence-corrected chi connectivity index (χ3v) is 2.87. The highest BCUT2D eigenvalue weighted by molar-refractivity contribution is 5.62. The Morgan fingerprint density at radius 2 is 1.89 bits per heavy atom. The Kier molecular flexibility index (Phi) is 3.76. The van der Waals surface area contributed by atoms with Gasteiger partial charge in [0.05, 0.1) is 6.20 Å². The average molecular weight is 252 g/mol. The molecule has 0 aliphatic rings. The number of hydrogen-bond donors (Lipinski definition) is 1. The Bertz CT molecular complexity index is 609. The summed E-state index contributed by atoms with van der Waals surface area (Å²) < 4.78 is 0. The van der Waals surface area contributed by atoms with Crippen LogP contribution in [0.4, 0.5) is 11.5 Å². The van der Waals surface area contributed by atoms with Gasteiger partial charge in [-0.3, -0.25) is 0 Å². The van der Waals surface area contributed by atoms with Gasteiger partial charge in [-0.1, -0.05) is 26.0 Å². The Hall–Kier alpha value is -2.41. The fourth-order valence-corrected chi connectivity index (χ4v) is 1.74. The van der Waals surface area contributed by atoms with Crippen LogP contribution in [0.5, 0.6) is 0 Å². The molecule has 0 saturated carbocycles. The van der Waals surface area contributed by atoms with Crippen LogP contribution in [0.25, 0.3) is 0 Å². The van der Waals surface area contributed by atoms with Crippen molar-refractivity contribution in [3.8, 4) is 6.07 Å². The van der Waals surface area contributed by atoms with Gasteiger partial charge in [0.25, 0.3) is 0 Å². The zero-order chi connectivity index (χ0) is 13.8. The van der Waals surface area contributed by atoms with Gasteiger partial charge in [0, 0.05) is 5.69 Å². The Balaban J connectivity index is 2.26. The Labute approximate surface area is 113 Å². The highest BCUT2D eigenvalue weighted by Crippen LogP contribution is 2.21. The number of aromatic nitrogens is 2. The van der Waals surface area contributed by atoms with Crippen molar-refractivity contribution in [2.45, 2.75) is 26.7 Å². The summed E-state index contributed by atoms with van der Waals surface area (Å²) in [4.78, 5) is 8.27. The monoisotopic (exact) mass is 252 g/mol. The third kappa shape index (κ3) is 3.08. The number of rotatable bonds is 3. The van der Waals surface area contributed by atoms with Gasteiger partial charge in [-0.05, 0) is 30.5 Å². The van der Waals surface area contributed by atoms with E-state index in [1.54, 1.807) is 6.92 Å². The predicted molar refractivity (Wildman–Crippen MR) is 75.3 cm³/mol. The summed E-state index contributed by atoms with van der Waals surface area (Å²) in [5, 5.41) is 12.2. The van der Waals surface area contributed by atoms with Crippen molar-refractivity contribution in [1.29, 1.82) is 5.26 Å². The molecular weight excluding hydrogens is 236 g/mol. The second kappa shape index (κ2) is 5.49. The number of anilines is 2. The van der Waals surface area contributed by atoms with Crippen LogP contribution >= 0.6 is 0 Å². The molecule has 0 bridgehead atoms. The van der Waals surface area contributed by atoms with E-state index in [1.807, 2.05) is 12.1 Å². The van der Waals surface area contributed by atoms with Crippen LogP contribution in [0.1, 0.15) is 36.7 Å². The van der Waals surface area contributed by atoms with Crippen molar-refractivity contribution in [2.75, 3.05) is 5.32 Å². The zero-order valence-corrected chi connectivity index (χ0v) is 11.3. The van der Waals surface area contributed by atoms with Crippen LogP contribution in [-0.4, -0.2) is 9.97 Å². The first-order valence-electron chi connectivity index (χ1n) is 6.21. The number of nitrogens with zero attached hydrogens (tertiary/aromatic N) is 3. The van der Waals surface area contributed by atoms with Gasteiger partial charge in [-0.25, -0.2) is 9.97 Å². The highest BCUT2D eigenvalue weighted by Gasteiger charge is 2.06. The molecule has 4 nitrogen and oxygen atoms in total. The van der Waals surface area contributed by atoms with Crippen molar-refractivity contribution in [1.82, 2.24) is 9.97 Å². The van der Waals surface area contributed by atoms with Crippen molar-refractivity contribution in [2.24, 2.45) is 0 Å². The van der Waals surface area contributed by atoms with Crippen LogP contribution in [0.2, 0.25) is 0 Å². The van der Waals surface area contributed by atoms with E-state index in [-0.39, 0.29) is 0 Å². The van der Waals surface area contributed by atoms with E-state index >= 15 is 0 Å². The van der Waals surface area contributed by atoms with Crippen LogP contribution in [0.15, 0.2) is 30.5 Å². The van der Waals surface area contributed by atoms with Gasteiger partial charge in [0.15, 0.2) is 5.82 Å². The summed E-state index contributed by atoms with van der Waals surface area (Å²) in [7, 11) is 0. The largest absolute Gasteiger partial charge is 0.339 e. The van der Waals surface area contributed by atoms with Crippen LogP contribution < -0.4 is 5.32 Å². The normalized spacial score (nSPS) is 10.3. The van der Waals surface area contributed by atoms with E-state index in [1.165, 1.54) is 11.8 Å². The van der Waals surface area contributed by atoms with E-state index in [2.05, 4.69) is 47.3 Å². The summed E-state index contributed by atoms with van der Waals surface area (Å²) >= 11 is 0. The maximum Gasteiger partial charge on any atom is 0.152 e. The second-order valence-electron chi connectivity index (χ2n) is 4.69. The van der Waals surface area contributed by atoms with Crippen molar-refractivity contribution in [3.63, 3.8) is 0 Å². The van der Waals surface area contributed by atoms with Gasteiger partial charge >= 0.3 is 0 Å². The number of nitriles is 1. The van der Waals surface area contributed by atoms with Gasteiger partial charge in [-0.15, -0.1) is 0 Å². The Morgan fingerprint density at radius 3 is 2.47 bits per heavy atom. The van der Waals surface area contributed by atoms with Gasteiger partial charge < -0.3 is 5.32 Å². The second-order valence-corrected chi connectivity index (χ2v) is 4.69. The van der Waals surface area contributed by atoms with Crippen molar-refractivity contribution < 1.29 is 0 Å². The molecule has 4 heteroatoms. The number of benzene rings is 1. The molecule has 0 fully saturated rings. The minimum absolute atomic E-state index is 0.443. The summed E-state index contributed by atoms with van der Waals surface area (Å²) in [6.07, 6.45) is 1.53. The van der Waals surface area contributed by atoms with Gasteiger partial charge in [-0.2, -0.15) is 5.26 Å². The van der Waals surface area contributed by atoms with Crippen LogP contribution in [0, 0.1) is 18.3 Å². The smallest absolute Gasteiger partial charge is 0.152 e. The van der Waals surface area contributed by atoms with E-state index < -0.39 is 0 Å². The molecule has 1 N–H and O–H groups in total. The quantitative estimate of drug-likeness (QED) is 0.907. The predicted octanol–water partition coefficient (Wildman–Crippen LogP) is 3.52.